The van der Waals surface area contributed by atoms with E-state index in [9.17, 15) is 9.59 Å². The zero-order chi connectivity index (χ0) is 14.3. The fourth-order valence-electron chi connectivity index (χ4n) is 1.54. The van der Waals surface area contributed by atoms with E-state index in [0.717, 1.165) is 0 Å². The Morgan fingerprint density at radius 3 is 2.53 bits per heavy atom. The zero-order valence-electron chi connectivity index (χ0n) is 11.4. The van der Waals surface area contributed by atoms with Crippen molar-refractivity contribution >= 4 is 11.8 Å². The molecule has 1 rings (SSSR count). The van der Waals surface area contributed by atoms with Crippen molar-refractivity contribution in [2.24, 2.45) is 0 Å². The molecule has 0 amide bonds. The lowest BCUT2D eigenvalue weighted by Gasteiger charge is -2.11. The Balaban J connectivity index is 2.64. The van der Waals surface area contributed by atoms with E-state index in [1.807, 2.05) is 0 Å². The van der Waals surface area contributed by atoms with Gasteiger partial charge in [0, 0.05) is 12.5 Å². The van der Waals surface area contributed by atoms with Crippen LogP contribution in [0.3, 0.4) is 0 Å². The molecule has 0 saturated heterocycles. The molecule has 0 aliphatic rings. The summed E-state index contributed by atoms with van der Waals surface area (Å²) in [5.41, 5.74) is 0.499. The van der Waals surface area contributed by atoms with Gasteiger partial charge in [-0.15, -0.1) is 0 Å². The van der Waals surface area contributed by atoms with Crippen molar-refractivity contribution in [2.45, 2.75) is 19.8 Å². The van der Waals surface area contributed by atoms with Gasteiger partial charge in [-0.05, 0) is 25.5 Å². The SMILES string of the molecule is COC(=O)CCCOc1cc(OC)ccc1C(C)=O. The topological polar surface area (TPSA) is 61.8 Å². The Hall–Kier alpha value is -2.04. The Bertz CT molecular complexity index is 453. The molecule has 0 aliphatic carbocycles. The second kappa shape index (κ2) is 7.41. The van der Waals surface area contributed by atoms with Gasteiger partial charge in [-0.3, -0.25) is 9.59 Å². The standard InChI is InChI=1S/C14H18O5/c1-10(15)12-7-6-11(17-2)9-13(12)19-8-4-5-14(16)18-3/h6-7,9H,4-5,8H2,1-3H3. The molecule has 0 saturated carbocycles. The summed E-state index contributed by atoms with van der Waals surface area (Å²) in [6.45, 7) is 1.81. The largest absolute Gasteiger partial charge is 0.497 e. The lowest BCUT2D eigenvalue weighted by Crippen LogP contribution is -2.06. The summed E-state index contributed by atoms with van der Waals surface area (Å²) in [4.78, 5) is 22.4. The van der Waals surface area contributed by atoms with Crippen molar-refractivity contribution in [3.05, 3.63) is 23.8 Å². The van der Waals surface area contributed by atoms with E-state index in [1.165, 1.54) is 14.0 Å². The molecule has 104 valence electrons. The Labute approximate surface area is 112 Å². The number of ether oxygens (including phenoxy) is 3. The van der Waals surface area contributed by atoms with Crippen LogP contribution in [0.25, 0.3) is 0 Å². The number of Topliss-reactive ketones (excluding diaryl/α,β-unsaturated/α-hetero) is 1. The molecule has 0 spiro atoms. The maximum Gasteiger partial charge on any atom is 0.305 e. The number of methoxy groups -OCH3 is 2. The van der Waals surface area contributed by atoms with Crippen LogP contribution in [0, 0.1) is 0 Å². The van der Waals surface area contributed by atoms with E-state index < -0.39 is 0 Å². The molecule has 5 nitrogen and oxygen atoms in total. The van der Waals surface area contributed by atoms with Crippen LogP contribution in [0.1, 0.15) is 30.1 Å². The minimum Gasteiger partial charge on any atom is -0.497 e. The first kappa shape index (κ1) is 15.0. The molecule has 0 unspecified atom stereocenters. The summed E-state index contributed by atoms with van der Waals surface area (Å²) in [6, 6.07) is 5.03. The van der Waals surface area contributed by atoms with Gasteiger partial charge in [0.1, 0.15) is 11.5 Å². The van der Waals surface area contributed by atoms with Crippen LogP contribution in [0.5, 0.6) is 11.5 Å². The number of benzene rings is 1. The summed E-state index contributed by atoms with van der Waals surface area (Å²) in [7, 11) is 2.89. The summed E-state index contributed by atoms with van der Waals surface area (Å²) >= 11 is 0. The minimum absolute atomic E-state index is 0.0781. The van der Waals surface area contributed by atoms with Crippen LogP contribution >= 0.6 is 0 Å². The van der Waals surface area contributed by atoms with E-state index in [1.54, 1.807) is 25.3 Å². The monoisotopic (exact) mass is 266 g/mol. The Kier molecular flexibility index (Phi) is 5.85. The van der Waals surface area contributed by atoms with Gasteiger partial charge in [-0.25, -0.2) is 0 Å². The quantitative estimate of drug-likeness (QED) is 0.430. The molecule has 19 heavy (non-hydrogen) atoms. The Morgan fingerprint density at radius 2 is 1.95 bits per heavy atom. The highest BCUT2D eigenvalue weighted by molar-refractivity contribution is 5.97. The fraction of sp³-hybridized carbons (Fsp3) is 0.429. The van der Waals surface area contributed by atoms with Crippen LogP contribution in [0.4, 0.5) is 0 Å². The fourth-order valence-corrected chi connectivity index (χ4v) is 1.54. The molecular formula is C14H18O5. The molecule has 0 aliphatic heterocycles. The van der Waals surface area contributed by atoms with Crippen LogP contribution < -0.4 is 9.47 Å². The number of carbonyl (C=O) groups is 2. The van der Waals surface area contributed by atoms with Crippen LogP contribution in [0.2, 0.25) is 0 Å². The number of hydrogen-bond acceptors (Lipinski definition) is 5. The van der Waals surface area contributed by atoms with Crippen molar-refractivity contribution in [1.29, 1.82) is 0 Å². The molecule has 0 bridgehead atoms. The van der Waals surface area contributed by atoms with Gasteiger partial charge in [0.2, 0.25) is 0 Å². The zero-order valence-corrected chi connectivity index (χ0v) is 11.4. The lowest BCUT2D eigenvalue weighted by atomic mass is 10.1. The van der Waals surface area contributed by atoms with Crippen molar-refractivity contribution in [2.75, 3.05) is 20.8 Å². The van der Waals surface area contributed by atoms with E-state index in [-0.39, 0.29) is 18.2 Å². The van der Waals surface area contributed by atoms with Gasteiger partial charge in [-0.1, -0.05) is 0 Å². The van der Waals surface area contributed by atoms with Gasteiger partial charge in [0.15, 0.2) is 5.78 Å². The molecule has 5 heteroatoms. The average molecular weight is 266 g/mol. The smallest absolute Gasteiger partial charge is 0.305 e. The van der Waals surface area contributed by atoms with E-state index >= 15 is 0 Å². The van der Waals surface area contributed by atoms with Gasteiger partial charge >= 0.3 is 5.97 Å². The number of ketones is 1. The molecule has 0 N–H and O–H groups in total. The molecule has 0 heterocycles. The first-order valence-electron chi connectivity index (χ1n) is 5.97. The maximum absolute atomic E-state index is 11.5. The van der Waals surface area contributed by atoms with Crippen LogP contribution in [0.15, 0.2) is 18.2 Å². The highest BCUT2D eigenvalue weighted by Gasteiger charge is 2.10. The van der Waals surface area contributed by atoms with E-state index in [2.05, 4.69) is 4.74 Å². The molecule has 0 atom stereocenters. The first-order valence-corrected chi connectivity index (χ1v) is 5.97. The molecule has 1 aromatic rings. The molecule has 0 radical (unpaired) electrons. The molecule has 1 aromatic carbocycles. The number of carbonyl (C=O) groups excluding carboxylic acids is 2. The number of hydrogen-bond donors (Lipinski definition) is 0. The van der Waals surface area contributed by atoms with Gasteiger partial charge in [0.25, 0.3) is 0 Å². The van der Waals surface area contributed by atoms with Gasteiger partial charge in [-0.2, -0.15) is 0 Å². The predicted octanol–water partition coefficient (Wildman–Crippen LogP) is 2.23. The summed E-state index contributed by atoms with van der Waals surface area (Å²) in [5.74, 6) is 0.733. The van der Waals surface area contributed by atoms with Crippen LogP contribution in [-0.4, -0.2) is 32.6 Å². The highest BCUT2D eigenvalue weighted by atomic mass is 16.5. The number of esters is 1. The summed E-state index contributed by atoms with van der Waals surface area (Å²) in [5, 5.41) is 0. The molecule has 0 fully saturated rings. The summed E-state index contributed by atoms with van der Waals surface area (Å²) in [6.07, 6.45) is 0.817. The minimum atomic E-state index is -0.277. The van der Waals surface area contributed by atoms with E-state index in [4.69, 9.17) is 9.47 Å². The predicted molar refractivity (Wildman–Crippen MR) is 69.7 cm³/mol. The normalized spacial score (nSPS) is 9.84. The third-order valence-electron chi connectivity index (χ3n) is 2.58. The summed E-state index contributed by atoms with van der Waals surface area (Å²) < 4.78 is 15.1. The van der Waals surface area contributed by atoms with Gasteiger partial charge in [0.05, 0.1) is 26.4 Å². The van der Waals surface area contributed by atoms with Gasteiger partial charge < -0.3 is 14.2 Å². The lowest BCUT2D eigenvalue weighted by molar-refractivity contribution is -0.140. The highest BCUT2D eigenvalue weighted by Crippen LogP contribution is 2.25. The second-order valence-electron chi connectivity index (χ2n) is 3.95. The second-order valence-corrected chi connectivity index (χ2v) is 3.95. The maximum atomic E-state index is 11.5. The van der Waals surface area contributed by atoms with Crippen LogP contribution in [-0.2, 0) is 9.53 Å². The molecular weight excluding hydrogens is 248 g/mol. The first-order chi connectivity index (χ1) is 9.08. The Morgan fingerprint density at radius 1 is 1.21 bits per heavy atom. The molecule has 0 aromatic heterocycles. The average Bonchev–Trinajstić information content (AvgIpc) is 2.42. The number of rotatable bonds is 7. The third kappa shape index (κ3) is 4.62. The van der Waals surface area contributed by atoms with Crippen molar-refractivity contribution in [3.63, 3.8) is 0 Å². The van der Waals surface area contributed by atoms with E-state index in [0.29, 0.717) is 30.1 Å². The van der Waals surface area contributed by atoms with Crippen molar-refractivity contribution in [1.82, 2.24) is 0 Å². The third-order valence-corrected chi connectivity index (χ3v) is 2.58. The van der Waals surface area contributed by atoms with Crippen molar-refractivity contribution in [3.8, 4) is 11.5 Å². The van der Waals surface area contributed by atoms with Crippen molar-refractivity contribution < 1.29 is 23.8 Å².